The monoisotopic (exact) mass is 386 g/mol. The molecule has 140 valence electrons. The maximum atomic E-state index is 13.1. The Balaban J connectivity index is 2.13. The Hall–Kier alpha value is -3.00. The molecule has 0 aliphatic heterocycles. The van der Waals surface area contributed by atoms with Crippen molar-refractivity contribution in [2.75, 3.05) is 0 Å². The van der Waals surface area contributed by atoms with E-state index < -0.39 is 11.9 Å². The van der Waals surface area contributed by atoms with Crippen molar-refractivity contribution in [3.8, 4) is 0 Å². The molecule has 0 spiro atoms. The van der Waals surface area contributed by atoms with E-state index in [4.69, 9.17) is 5.11 Å². The molecule has 0 aliphatic carbocycles. The second-order valence-electron chi connectivity index (χ2n) is 6.19. The van der Waals surface area contributed by atoms with Crippen molar-refractivity contribution in [2.45, 2.75) is 32.7 Å². The van der Waals surface area contributed by atoms with Crippen LogP contribution in [0.2, 0.25) is 0 Å². The highest BCUT2D eigenvalue weighted by Crippen LogP contribution is 2.27. The van der Waals surface area contributed by atoms with Gasteiger partial charge in [0.25, 0.3) is 5.56 Å². The summed E-state index contributed by atoms with van der Waals surface area (Å²) in [6.45, 7) is 1.82. The van der Waals surface area contributed by atoms with E-state index in [2.05, 4.69) is 4.98 Å². The zero-order valence-electron chi connectivity index (χ0n) is 14.6. The third-order valence-corrected chi connectivity index (χ3v) is 5.47. The van der Waals surface area contributed by atoms with Gasteiger partial charge < -0.3 is 10.2 Å². The lowest BCUT2D eigenvalue weighted by Gasteiger charge is -2.12. The Kier molecular flexibility index (Phi) is 5.36. The number of aromatic nitrogens is 2. The largest absolute Gasteiger partial charge is 0.481 e. The number of hydrogen-bond acceptors (Lipinski definition) is 5. The van der Waals surface area contributed by atoms with Crippen molar-refractivity contribution in [1.29, 1.82) is 0 Å². The lowest BCUT2D eigenvalue weighted by Crippen LogP contribution is -2.26. The Morgan fingerprint density at radius 2 is 1.89 bits per heavy atom. The highest BCUT2D eigenvalue weighted by atomic mass is 32.1. The zero-order chi connectivity index (χ0) is 19.6. The summed E-state index contributed by atoms with van der Waals surface area (Å²) < 4.78 is 1.48. The molecular weight excluding hydrogens is 368 g/mol. The first-order valence-electron chi connectivity index (χ1n) is 8.40. The SMILES string of the molecule is Cc1c(C(=O)O)sc2nc(Cc3ccccc3)n(CCCC(=O)O)c(=O)c12. The van der Waals surface area contributed by atoms with Crippen LogP contribution in [-0.2, 0) is 17.8 Å². The summed E-state index contributed by atoms with van der Waals surface area (Å²) in [4.78, 5) is 40.4. The average Bonchev–Trinajstić information content (AvgIpc) is 2.95. The number of benzene rings is 1. The van der Waals surface area contributed by atoms with Crippen molar-refractivity contribution in [3.63, 3.8) is 0 Å². The fraction of sp³-hybridized carbons (Fsp3) is 0.263. The van der Waals surface area contributed by atoms with Gasteiger partial charge >= 0.3 is 11.9 Å². The molecule has 0 atom stereocenters. The number of rotatable bonds is 7. The van der Waals surface area contributed by atoms with Crippen molar-refractivity contribution in [1.82, 2.24) is 9.55 Å². The molecule has 0 radical (unpaired) electrons. The first kappa shape index (κ1) is 18.8. The molecule has 2 N–H and O–H groups in total. The lowest BCUT2D eigenvalue weighted by molar-refractivity contribution is -0.137. The smallest absolute Gasteiger partial charge is 0.346 e. The number of nitrogens with zero attached hydrogens (tertiary/aromatic N) is 2. The Morgan fingerprint density at radius 3 is 2.52 bits per heavy atom. The van der Waals surface area contributed by atoms with Crippen LogP contribution in [0.4, 0.5) is 0 Å². The van der Waals surface area contributed by atoms with Gasteiger partial charge in [-0.3, -0.25) is 14.2 Å². The standard InChI is InChI=1S/C19H18N2O5S/c1-11-15-17(27-16(11)19(25)26)20-13(10-12-6-3-2-4-7-12)21(18(15)24)9-5-8-14(22)23/h2-4,6-7H,5,8-10H2,1H3,(H,22,23)(H,25,26). The number of carbonyl (C=O) groups is 2. The second-order valence-corrected chi connectivity index (χ2v) is 7.19. The molecule has 0 saturated carbocycles. The molecule has 1 aromatic carbocycles. The quantitative estimate of drug-likeness (QED) is 0.646. The molecule has 0 amide bonds. The molecule has 8 heteroatoms. The lowest BCUT2D eigenvalue weighted by atomic mass is 10.1. The Morgan fingerprint density at radius 1 is 1.19 bits per heavy atom. The molecule has 3 rings (SSSR count). The number of aromatic carboxylic acids is 1. The predicted molar refractivity (Wildman–Crippen MR) is 102 cm³/mol. The predicted octanol–water partition coefficient (Wildman–Crippen LogP) is 2.92. The average molecular weight is 386 g/mol. The van der Waals surface area contributed by atoms with Crippen LogP contribution in [-0.4, -0.2) is 31.7 Å². The fourth-order valence-electron chi connectivity index (χ4n) is 2.99. The maximum Gasteiger partial charge on any atom is 0.346 e. The van der Waals surface area contributed by atoms with E-state index in [0.717, 1.165) is 16.9 Å². The maximum absolute atomic E-state index is 13.1. The Labute approximate surface area is 158 Å². The van der Waals surface area contributed by atoms with Crippen LogP contribution < -0.4 is 5.56 Å². The van der Waals surface area contributed by atoms with Crippen LogP contribution in [0.5, 0.6) is 0 Å². The highest BCUT2D eigenvalue weighted by Gasteiger charge is 2.21. The minimum absolute atomic E-state index is 0.0573. The van der Waals surface area contributed by atoms with Gasteiger partial charge in [0.15, 0.2) is 0 Å². The van der Waals surface area contributed by atoms with Crippen molar-refractivity contribution in [3.05, 3.63) is 62.5 Å². The number of hydrogen-bond donors (Lipinski definition) is 2. The third-order valence-electron chi connectivity index (χ3n) is 4.30. The third kappa shape index (κ3) is 3.90. The van der Waals surface area contributed by atoms with Gasteiger partial charge in [-0.25, -0.2) is 9.78 Å². The number of aliphatic carboxylic acids is 1. The fourth-order valence-corrected chi connectivity index (χ4v) is 4.02. The first-order chi connectivity index (χ1) is 12.9. The van der Waals surface area contributed by atoms with E-state index in [9.17, 15) is 19.5 Å². The van der Waals surface area contributed by atoms with E-state index in [1.807, 2.05) is 30.3 Å². The normalized spacial score (nSPS) is 11.0. The summed E-state index contributed by atoms with van der Waals surface area (Å²) in [7, 11) is 0. The highest BCUT2D eigenvalue weighted by molar-refractivity contribution is 7.20. The topological polar surface area (TPSA) is 109 Å². The molecule has 0 aliphatic rings. The van der Waals surface area contributed by atoms with Crippen LogP contribution in [0.1, 0.15) is 39.5 Å². The minimum atomic E-state index is -1.09. The van der Waals surface area contributed by atoms with E-state index in [-0.39, 0.29) is 23.4 Å². The number of carboxylic acid groups (broad SMARTS) is 2. The first-order valence-corrected chi connectivity index (χ1v) is 9.22. The van der Waals surface area contributed by atoms with Crippen molar-refractivity contribution < 1.29 is 19.8 Å². The van der Waals surface area contributed by atoms with Gasteiger partial charge in [0, 0.05) is 19.4 Å². The molecule has 2 aromatic heterocycles. The molecule has 0 saturated heterocycles. The van der Waals surface area contributed by atoms with Gasteiger partial charge in [0.05, 0.1) is 5.39 Å². The minimum Gasteiger partial charge on any atom is -0.481 e. The molecule has 27 heavy (non-hydrogen) atoms. The van der Waals surface area contributed by atoms with Gasteiger partial charge in [0.2, 0.25) is 0 Å². The van der Waals surface area contributed by atoms with E-state index >= 15 is 0 Å². The van der Waals surface area contributed by atoms with Crippen molar-refractivity contribution in [2.24, 2.45) is 0 Å². The van der Waals surface area contributed by atoms with Crippen LogP contribution in [0, 0.1) is 6.92 Å². The van der Waals surface area contributed by atoms with Crippen LogP contribution in [0.3, 0.4) is 0 Å². The summed E-state index contributed by atoms with van der Waals surface area (Å²) in [5.74, 6) is -1.51. The van der Waals surface area contributed by atoms with Gasteiger partial charge in [0.1, 0.15) is 15.5 Å². The van der Waals surface area contributed by atoms with E-state index in [1.165, 1.54) is 4.57 Å². The number of aryl methyl sites for hydroxylation is 1. The molecule has 0 fully saturated rings. The summed E-state index contributed by atoms with van der Waals surface area (Å²) in [6, 6.07) is 9.50. The summed E-state index contributed by atoms with van der Waals surface area (Å²) >= 11 is 0.990. The van der Waals surface area contributed by atoms with Crippen LogP contribution in [0.15, 0.2) is 35.1 Å². The van der Waals surface area contributed by atoms with Gasteiger partial charge in [-0.2, -0.15) is 0 Å². The Bertz CT molecular complexity index is 1070. The van der Waals surface area contributed by atoms with Crippen molar-refractivity contribution >= 4 is 33.5 Å². The molecule has 7 nitrogen and oxygen atoms in total. The number of fused-ring (bicyclic) bond motifs is 1. The van der Waals surface area contributed by atoms with E-state index in [1.54, 1.807) is 6.92 Å². The second kappa shape index (κ2) is 7.71. The molecule has 0 unspecified atom stereocenters. The molecule has 2 heterocycles. The molecular formula is C19H18N2O5S. The molecule has 0 bridgehead atoms. The summed E-state index contributed by atoms with van der Waals surface area (Å²) in [5, 5.41) is 18.5. The number of carboxylic acids is 2. The van der Waals surface area contributed by atoms with Crippen LogP contribution in [0.25, 0.3) is 10.2 Å². The van der Waals surface area contributed by atoms with Gasteiger partial charge in [-0.1, -0.05) is 30.3 Å². The summed E-state index contributed by atoms with van der Waals surface area (Å²) in [5.41, 5.74) is 1.04. The number of thiophene rings is 1. The molecule has 3 aromatic rings. The van der Waals surface area contributed by atoms with Crippen LogP contribution >= 0.6 is 11.3 Å². The summed E-state index contributed by atoms with van der Waals surface area (Å²) in [6.07, 6.45) is 0.635. The zero-order valence-corrected chi connectivity index (χ0v) is 15.5. The van der Waals surface area contributed by atoms with E-state index in [0.29, 0.717) is 34.4 Å². The van der Waals surface area contributed by atoms with Gasteiger partial charge in [-0.15, -0.1) is 11.3 Å². The van der Waals surface area contributed by atoms with Gasteiger partial charge in [-0.05, 0) is 24.5 Å².